The van der Waals surface area contributed by atoms with E-state index in [-0.39, 0.29) is 11.0 Å². The van der Waals surface area contributed by atoms with Gasteiger partial charge in [0.1, 0.15) is 5.57 Å². The Balaban J connectivity index is 1.19. The number of carbonyl (C=O) groups is 3. The second-order valence-electron chi connectivity index (χ2n) is 12.3. The molecule has 5 aliphatic rings. The van der Waals surface area contributed by atoms with Crippen LogP contribution in [0.3, 0.4) is 0 Å². The Morgan fingerprint density at radius 3 is 2.15 bits per heavy atom. The monoisotopic (exact) mass is 553 g/mol. The molecule has 1 aliphatic heterocycles. The molecule has 204 valence electrons. The number of nitrogens with zero attached hydrogens (tertiary/aromatic N) is 2. The molecule has 0 unspecified atom stereocenters. The molecular formula is C33H32ClN3O3. The van der Waals surface area contributed by atoms with Crippen LogP contribution in [0.25, 0.3) is 11.8 Å². The molecule has 2 heterocycles. The largest absolute Gasteiger partial charge is 0.335 e. The molecule has 4 amide bonds. The van der Waals surface area contributed by atoms with Crippen LogP contribution >= 0.6 is 11.6 Å². The van der Waals surface area contributed by atoms with Gasteiger partial charge in [0.15, 0.2) is 0 Å². The summed E-state index contributed by atoms with van der Waals surface area (Å²) in [6, 6.07) is 16.6. The van der Waals surface area contributed by atoms with E-state index in [1.807, 2.05) is 60.9 Å². The second kappa shape index (κ2) is 9.20. The van der Waals surface area contributed by atoms with Crippen molar-refractivity contribution in [2.45, 2.75) is 57.8 Å². The van der Waals surface area contributed by atoms with E-state index in [0.717, 1.165) is 45.3 Å². The Kier molecular flexibility index (Phi) is 5.83. The number of carbonyl (C=O) groups excluding carboxylic acids is 3. The zero-order valence-corrected chi connectivity index (χ0v) is 23.5. The van der Waals surface area contributed by atoms with E-state index in [0.29, 0.717) is 10.7 Å². The minimum atomic E-state index is -0.723. The van der Waals surface area contributed by atoms with Crippen molar-refractivity contribution < 1.29 is 14.4 Å². The summed E-state index contributed by atoms with van der Waals surface area (Å²) in [7, 11) is 0. The summed E-state index contributed by atoms with van der Waals surface area (Å²) >= 11 is 6.21. The van der Waals surface area contributed by atoms with E-state index in [2.05, 4.69) is 17.4 Å². The molecule has 2 aromatic carbocycles. The molecule has 4 saturated carbocycles. The zero-order valence-electron chi connectivity index (χ0n) is 22.7. The summed E-state index contributed by atoms with van der Waals surface area (Å²) in [6.45, 7) is 3.89. The number of halogens is 1. The van der Waals surface area contributed by atoms with Gasteiger partial charge in [0, 0.05) is 22.1 Å². The van der Waals surface area contributed by atoms with Crippen molar-refractivity contribution in [3.05, 3.63) is 87.7 Å². The van der Waals surface area contributed by atoms with Crippen LogP contribution in [0.5, 0.6) is 0 Å². The third-order valence-electron chi connectivity index (χ3n) is 9.71. The average Bonchev–Trinajstić information content (AvgIpc) is 3.18. The molecule has 40 heavy (non-hydrogen) atoms. The van der Waals surface area contributed by atoms with Gasteiger partial charge < -0.3 is 4.57 Å². The van der Waals surface area contributed by atoms with Gasteiger partial charge in [-0.2, -0.15) is 0 Å². The number of aryl methyl sites for hydroxylation is 1. The van der Waals surface area contributed by atoms with Crippen LogP contribution in [0.1, 0.15) is 61.0 Å². The highest BCUT2D eigenvalue weighted by molar-refractivity contribution is 6.39. The Morgan fingerprint density at radius 1 is 0.875 bits per heavy atom. The second-order valence-corrected chi connectivity index (χ2v) is 12.8. The lowest BCUT2D eigenvalue weighted by Crippen LogP contribution is -2.54. The average molecular weight is 554 g/mol. The summed E-state index contributed by atoms with van der Waals surface area (Å²) in [5.41, 5.74) is 5.36. The molecule has 5 fully saturated rings. The molecule has 0 atom stereocenters. The third kappa shape index (κ3) is 4.03. The number of benzene rings is 2. The Morgan fingerprint density at radius 2 is 1.52 bits per heavy atom. The summed E-state index contributed by atoms with van der Waals surface area (Å²) in [6.07, 6.45) is 9.45. The fourth-order valence-corrected chi connectivity index (χ4v) is 8.61. The molecule has 3 aromatic rings. The maximum absolute atomic E-state index is 13.6. The van der Waals surface area contributed by atoms with Crippen LogP contribution in [0.2, 0.25) is 5.02 Å². The molecule has 7 heteroatoms. The summed E-state index contributed by atoms with van der Waals surface area (Å²) in [5, 5.41) is 2.99. The number of nitrogens with one attached hydrogen (secondary N) is 1. The topological polar surface area (TPSA) is 71.4 Å². The molecule has 8 rings (SSSR count). The maximum atomic E-state index is 13.6. The normalized spacial score (nSPS) is 28.5. The predicted molar refractivity (Wildman–Crippen MR) is 156 cm³/mol. The molecular weight excluding hydrogens is 522 g/mol. The fourth-order valence-electron chi connectivity index (χ4n) is 8.42. The first-order valence-corrected chi connectivity index (χ1v) is 14.6. The van der Waals surface area contributed by atoms with Crippen LogP contribution in [0.15, 0.2) is 60.2 Å². The summed E-state index contributed by atoms with van der Waals surface area (Å²) < 4.78 is 2.02. The van der Waals surface area contributed by atoms with E-state index in [9.17, 15) is 14.4 Å². The highest BCUT2D eigenvalue weighted by Crippen LogP contribution is 2.60. The van der Waals surface area contributed by atoms with E-state index < -0.39 is 17.8 Å². The molecule has 0 radical (unpaired) electrons. The molecule has 1 aromatic heterocycles. The fraction of sp³-hybridized carbons (Fsp3) is 0.364. The van der Waals surface area contributed by atoms with Gasteiger partial charge in [0.25, 0.3) is 11.8 Å². The van der Waals surface area contributed by atoms with Crippen LogP contribution in [0.4, 0.5) is 10.5 Å². The summed E-state index contributed by atoms with van der Waals surface area (Å²) in [5.74, 6) is 1.19. The van der Waals surface area contributed by atoms with E-state index >= 15 is 0 Å². The van der Waals surface area contributed by atoms with E-state index in [1.54, 1.807) is 6.08 Å². The number of amides is 4. The highest BCUT2D eigenvalue weighted by atomic mass is 35.5. The smallest absolute Gasteiger partial charge is 0.318 e. The SMILES string of the molecule is Cc1cc(/C=C2\C(=O)NC(=O)N(c3ccc(C45CC6CC(CC(C6)C4)C5)cc3)C2=O)c(C)n1-c1cccc(Cl)c1. The summed E-state index contributed by atoms with van der Waals surface area (Å²) in [4.78, 5) is 40.5. The Bertz CT molecular complexity index is 1560. The van der Waals surface area contributed by atoms with Crippen LogP contribution in [-0.2, 0) is 15.0 Å². The van der Waals surface area contributed by atoms with Gasteiger partial charge in [-0.15, -0.1) is 0 Å². The van der Waals surface area contributed by atoms with Crippen molar-refractivity contribution in [3.8, 4) is 5.69 Å². The van der Waals surface area contributed by atoms with Crippen LogP contribution in [-0.4, -0.2) is 22.4 Å². The molecule has 0 spiro atoms. The predicted octanol–water partition coefficient (Wildman–Crippen LogP) is 6.88. The van der Waals surface area contributed by atoms with Gasteiger partial charge in [0.05, 0.1) is 5.69 Å². The van der Waals surface area contributed by atoms with Crippen molar-refractivity contribution in [1.29, 1.82) is 0 Å². The molecule has 4 bridgehead atoms. The quantitative estimate of drug-likeness (QED) is 0.283. The first-order valence-electron chi connectivity index (χ1n) is 14.2. The number of hydrogen-bond donors (Lipinski definition) is 1. The Hall–Kier alpha value is -3.64. The minimum absolute atomic E-state index is 0.0731. The van der Waals surface area contributed by atoms with Crippen molar-refractivity contribution in [2.75, 3.05) is 4.90 Å². The first-order chi connectivity index (χ1) is 19.2. The number of barbiturate groups is 1. The third-order valence-corrected chi connectivity index (χ3v) is 9.95. The van der Waals surface area contributed by atoms with Gasteiger partial charge in [-0.3, -0.25) is 14.9 Å². The number of urea groups is 1. The zero-order chi connectivity index (χ0) is 27.8. The van der Waals surface area contributed by atoms with Gasteiger partial charge in [-0.25, -0.2) is 9.69 Å². The number of hydrogen-bond acceptors (Lipinski definition) is 3. The lowest BCUT2D eigenvalue weighted by Gasteiger charge is -2.57. The number of aromatic nitrogens is 1. The highest BCUT2D eigenvalue weighted by Gasteiger charge is 2.51. The van der Waals surface area contributed by atoms with Gasteiger partial charge in [-0.05, 0) is 129 Å². The van der Waals surface area contributed by atoms with Crippen molar-refractivity contribution in [1.82, 2.24) is 9.88 Å². The lowest BCUT2D eigenvalue weighted by atomic mass is 9.48. The number of anilines is 1. The van der Waals surface area contributed by atoms with Gasteiger partial charge in [0.2, 0.25) is 0 Å². The number of imide groups is 2. The van der Waals surface area contributed by atoms with Crippen LogP contribution < -0.4 is 10.2 Å². The lowest BCUT2D eigenvalue weighted by molar-refractivity contribution is -0.122. The van der Waals surface area contributed by atoms with Crippen LogP contribution in [0, 0.1) is 31.6 Å². The minimum Gasteiger partial charge on any atom is -0.318 e. The maximum Gasteiger partial charge on any atom is 0.335 e. The van der Waals surface area contributed by atoms with Gasteiger partial charge in [-0.1, -0.05) is 29.8 Å². The standard InChI is InChI=1S/C33H32ClN3O3/c1-19-10-24(20(2)36(19)28-5-3-4-26(34)15-28)14-29-30(38)35-32(40)37(31(29)39)27-8-6-25(7-9-27)33-16-21-11-22(17-33)13-23(12-21)18-33/h3-10,14-15,21-23H,11-13,16-18H2,1-2H3,(H,35,38,40)/b29-14+. The van der Waals surface area contributed by atoms with E-state index in [4.69, 9.17) is 11.6 Å². The van der Waals surface area contributed by atoms with Crippen molar-refractivity contribution >= 4 is 41.2 Å². The van der Waals surface area contributed by atoms with Crippen molar-refractivity contribution in [3.63, 3.8) is 0 Å². The van der Waals surface area contributed by atoms with Crippen molar-refractivity contribution in [2.24, 2.45) is 17.8 Å². The first kappa shape index (κ1) is 25.3. The molecule has 1 saturated heterocycles. The Labute approximate surface area is 239 Å². The van der Waals surface area contributed by atoms with Gasteiger partial charge >= 0.3 is 6.03 Å². The molecule has 1 N–H and O–H groups in total. The van der Waals surface area contributed by atoms with E-state index in [1.165, 1.54) is 44.1 Å². The number of rotatable bonds is 4. The molecule has 6 nitrogen and oxygen atoms in total. The molecule has 4 aliphatic carbocycles.